The summed E-state index contributed by atoms with van der Waals surface area (Å²) < 4.78 is 59.4. The molecule has 0 radical (unpaired) electrons. The average molecular weight is 1300 g/mol. The lowest BCUT2D eigenvalue weighted by atomic mass is 9.43. The molecular formula is C61H106O29. The summed E-state index contributed by atoms with van der Waals surface area (Å²) in [5.74, 6) is 0.271. The maximum absolute atomic E-state index is 12.2. The van der Waals surface area contributed by atoms with Gasteiger partial charge in [0.25, 0.3) is 0 Å². The zero-order valence-electron chi connectivity index (χ0n) is 52.7. The van der Waals surface area contributed by atoms with E-state index < -0.39 is 221 Å². The third kappa shape index (κ3) is 14.7. The normalized spacial score (nSPS) is 48.6. The summed E-state index contributed by atoms with van der Waals surface area (Å²) in [6.45, 7) is 12.0. The van der Waals surface area contributed by atoms with Crippen LogP contribution in [0.25, 0.3) is 0 Å². The number of hydrogen-bond donors (Lipinski definition) is 19. The molecule has 0 amide bonds. The lowest BCUT2D eigenvalue weighted by Gasteiger charge is -2.63. The van der Waals surface area contributed by atoms with E-state index in [-0.39, 0.29) is 35.5 Å². The predicted octanol–water partition coefficient (Wildman–Crippen LogP) is -4.63. The van der Waals surface area contributed by atoms with E-state index in [0.29, 0.717) is 32.1 Å². The standard InChI is InChI=1S/C61H106O29/c1-9-26(25(2)10-14-37(59(5,6)80)87-57-52(45(75)40(70)31(22-64)85-57)90-56-49(79)51(42(72)33(24-66)84-56)89-54-47(77)44(74)39(69)30(21-63)82-54)16-18-60(7)19-17-35(67)61(8)28-12-15-36(58(3,4)27(28)11-13-34(60)61)86-55-48(78)50(41(71)32(23-65)83-55)88-53-46(76)43(73)38(68)29(20-62)81-53/h11,25-26,28-57,62-80H,9-10,12-24H2,1-8H3/t25-,26?,28?,29-,30?,31-,32-,33-,34?,35-,36+,37-,38-,39-,40-,41-,42-,43+,44+,45+,46-,47-,48-,49-,50+,51+,52-,53+,54+,55+,56+,57+,60-,61+/m1/s1. The van der Waals surface area contributed by atoms with Gasteiger partial charge >= 0.3 is 0 Å². The number of hydrogen-bond acceptors (Lipinski definition) is 29. The third-order valence-corrected chi connectivity index (χ3v) is 22.0. The van der Waals surface area contributed by atoms with E-state index in [4.69, 9.17) is 47.4 Å². The van der Waals surface area contributed by atoms with Crippen LogP contribution >= 0.6 is 0 Å². The van der Waals surface area contributed by atoms with Crippen LogP contribution in [0.2, 0.25) is 0 Å². The molecule has 4 unspecified atom stereocenters. The summed E-state index contributed by atoms with van der Waals surface area (Å²) in [5, 5.41) is 205. The summed E-state index contributed by atoms with van der Waals surface area (Å²) in [5.41, 5.74) is -1.91. The molecule has 29 nitrogen and oxygen atoms in total. The number of rotatable bonds is 24. The zero-order chi connectivity index (χ0) is 66.4. The monoisotopic (exact) mass is 1300 g/mol. The molecule has 5 aliphatic heterocycles. The molecular weight excluding hydrogens is 1200 g/mol. The Hall–Kier alpha value is -1.42. The second kappa shape index (κ2) is 30.1. The molecule has 90 heavy (non-hydrogen) atoms. The molecule has 0 aromatic heterocycles. The molecule has 2 saturated carbocycles. The number of allylic oxidation sites excluding steroid dienone is 1. The quantitative estimate of drug-likeness (QED) is 0.0404. The van der Waals surface area contributed by atoms with E-state index in [2.05, 4.69) is 33.8 Å². The zero-order valence-corrected chi connectivity index (χ0v) is 52.7. The van der Waals surface area contributed by atoms with Gasteiger partial charge in [0, 0.05) is 10.8 Å². The Morgan fingerprint density at radius 3 is 1.41 bits per heavy atom. The van der Waals surface area contributed by atoms with E-state index in [1.807, 2.05) is 13.8 Å². The number of fused-ring (bicyclic) bond motifs is 3. The fourth-order valence-corrected chi connectivity index (χ4v) is 16.0. The van der Waals surface area contributed by atoms with E-state index in [9.17, 15) is 97.0 Å². The van der Waals surface area contributed by atoms with Crippen molar-refractivity contribution in [1.82, 2.24) is 0 Å². The van der Waals surface area contributed by atoms with Crippen LogP contribution in [-0.4, -0.2) is 308 Å². The van der Waals surface area contributed by atoms with Crippen LogP contribution in [-0.2, 0) is 47.4 Å². The van der Waals surface area contributed by atoms with Gasteiger partial charge in [-0.25, -0.2) is 0 Å². The largest absolute Gasteiger partial charge is 0.394 e. The van der Waals surface area contributed by atoms with Crippen molar-refractivity contribution in [3.8, 4) is 0 Å². The summed E-state index contributed by atoms with van der Waals surface area (Å²) in [7, 11) is 0. The van der Waals surface area contributed by atoms with E-state index in [1.54, 1.807) is 0 Å². The lowest BCUT2D eigenvalue weighted by Crippen LogP contribution is -2.67. The Labute approximate surface area is 524 Å². The van der Waals surface area contributed by atoms with Crippen molar-refractivity contribution in [2.45, 2.75) is 297 Å². The van der Waals surface area contributed by atoms with Gasteiger partial charge in [-0.3, -0.25) is 0 Å². The number of aliphatic hydroxyl groups is 19. The first-order valence-corrected chi connectivity index (χ1v) is 32.1. The van der Waals surface area contributed by atoms with Gasteiger partial charge in [-0.15, -0.1) is 0 Å². The van der Waals surface area contributed by atoms with Crippen LogP contribution in [0.1, 0.15) is 120 Å². The van der Waals surface area contributed by atoms with Crippen molar-refractivity contribution in [3.05, 3.63) is 11.6 Å². The Morgan fingerprint density at radius 2 is 0.944 bits per heavy atom. The van der Waals surface area contributed by atoms with E-state index >= 15 is 0 Å². The predicted molar refractivity (Wildman–Crippen MR) is 307 cm³/mol. The fraction of sp³-hybridized carbons (Fsp3) is 0.967. The second-order valence-electron chi connectivity index (χ2n) is 28.4. The molecule has 0 aromatic rings. The molecule has 8 aliphatic rings. The summed E-state index contributed by atoms with van der Waals surface area (Å²) in [4.78, 5) is 0. The molecule has 8 rings (SSSR count). The van der Waals surface area contributed by atoms with Crippen molar-refractivity contribution >= 4 is 0 Å². The molecule has 19 N–H and O–H groups in total. The highest BCUT2D eigenvalue weighted by atomic mass is 16.8. The van der Waals surface area contributed by atoms with Gasteiger partial charge in [0.05, 0.1) is 56.9 Å². The minimum atomic E-state index is -2.03. The van der Waals surface area contributed by atoms with Gasteiger partial charge in [-0.1, -0.05) is 59.6 Å². The van der Waals surface area contributed by atoms with Crippen molar-refractivity contribution in [2.75, 3.05) is 33.0 Å². The Balaban J connectivity index is 0.921. The molecule has 0 spiro atoms. The van der Waals surface area contributed by atoms with Gasteiger partial charge in [-0.2, -0.15) is 0 Å². The van der Waals surface area contributed by atoms with E-state index in [1.165, 1.54) is 13.8 Å². The summed E-state index contributed by atoms with van der Waals surface area (Å²) in [6.07, 6.45) is -36.1. The Morgan fingerprint density at radius 1 is 0.511 bits per heavy atom. The molecule has 3 aliphatic carbocycles. The molecule has 7 fully saturated rings. The maximum atomic E-state index is 12.2. The summed E-state index contributed by atoms with van der Waals surface area (Å²) >= 11 is 0. The fourth-order valence-electron chi connectivity index (χ4n) is 16.0. The minimum Gasteiger partial charge on any atom is -0.394 e. The third-order valence-electron chi connectivity index (χ3n) is 22.0. The lowest BCUT2D eigenvalue weighted by molar-refractivity contribution is -0.390. The van der Waals surface area contributed by atoms with Gasteiger partial charge < -0.3 is 144 Å². The van der Waals surface area contributed by atoms with Gasteiger partial charge in [-0.05, 0) is 101 Å². The van der Waals surface area contributed by atoms with Crippen molar-refractivity contribution in [2.24, 2.45) is 39.9 Å². The number of ether oxygens (including phenoxy) is 10. The van der Waals surface area contributed by atoms with Crippen molar-refractivity contribution in [1.29, 1.82) is 0 Å². The molecule has 34 atom stereocenters. The molecule has 29 heteroatoms. The molecule has 5 saturated heterocycles. The molecule has 0 aromatic carbocycles. The summed E-state index contributed by atoms with van der Waals surface area (Å²) in [6, 6.07) is 0. The SMILES string of the molecule is CCC(CC[C@]1(C)CC[C@@H](O)[C@@]2(C)C3CC[C@H](O[C@@H]4O[C@H](CO)[C@@H](O)[C@H](O[C@@H]5O[C@H](CO)[C@@H](O)[C@H](O)[C@H]5O)[C@H]4O)C(C)(C)C3=CCC12)[C@H](C)CC[C@@H](O[C@@H]1O[C@H](CO)[C@@H](O)[C@H](O)[C@H]1O[C@@H]1O[C@H](CO)[C@@H](O)[C@H](O[C@@H]2OC(CO)[C@@H](O)[C@H](O)[C@H]2O)[C@H]1O)C(C)(C)O. The highest BCUT2D eigenvalue weighted by Crippen LogP contribution is 2.66. The van der Waals surface area contributed by atoms with Crippen LogP contribution < -0.4 is 0 Å². The van der Waals surface area contributed by atoms with Crippen molar-refractivity contribution < 1.29 is 144 Å². The molecule has 0 bridgehead atoms. The van der Waals surface area contributed by atoms with Crippen LogP contribution in [0.4, 0.5) is 0 Å². The highest BCUT2D eigenvalue weighted by molar-refractivity contribution is 5.30. The number of aliphatic hydroxyl groups excluding tert-OH is 18. The first kappa shape index (κ1) is 74.4. The van der Waals surface area contributed by atoms with E-state index in [0.717, 1.165) is 31.3 Å². The van der Waals surface area contributed by atoms with Gasteiger partial charge in [0.15, 0.2) is 31.5 Å². The average Bonchev–Trinajstić information content (AvgIpc) is 0.713. The second-order valence-corrected chi connectivity index (χ2v) is 28.4. The van der Waals surface area contributed by atoms with Crippen LogP contribution in [0.5, 0.6) is 0 Å². The van der Waals surface area contributed by atoms with Crippen molar-refractivity contribution in [3.63, 3.8) is 0 Å². The Kier molecular flexibility index (Phi) is 24.9. The molecule has 5 heterocycles. The minimum absolute atomic E-state index is 0.0522. The smallest absolute Gasteiger partial charge is 0.187 e. The maximum Gasteiger partial charge on any atom is 0.187 e. The topological polar surface area (TPSA) is 477 Å². The van der Waals surface area contributed by atoms with Gasteiger partial charge in [0.1, 0.15) is 122 Å². The van der Waals surface area contributed by atoms with Crippen LogP contribution in [0.3, 0.4) is 0 Å². The first-order chi connectivity index (χ1) is 42.3. The van der Waals surface area contributed by atoms with Crippen LogP contribution in [0.15, 0.2) is 11.6 Å². The van der Waals surface area contributed by atoms with Crippen LogP contribution in [0, 0.1) is 39.9 Å². The highest BCUT2D eigenvalue weighted by Gasteiger charge is 2.63. The Bertz CT molecular complexity index is 2280. The molecule has 524 valence electrons. The first-order valence-electron chi connectivity index (χ1n) is 32.1. The van der Waals surface area contributed by atoms with Gasteiger partial charge in [0.2, 0.25) is 0 Å².